The van der Waals surface area contributed by atoms with E-state index in [2.05, 4.69) is 17.0 Å². The summed E-state index contributed by atoms with van der Waals surface area (Å²) in [5.41, 5.74) is 1.15. The van der Waals surface area contributed by atoms with Crippen LogP contribution in [0.15, 0.2) is 46.0 Å². The number of unbranched alkanes of at least 4 members (excludes halogenated alkanes) is 2. The summed E-state index contributed by atoms with van der Waals surface area (Å²) in [5.74, 6) is -0.274. The van der Waals surface area contributed by atoms with E-state index in [0.29, 0.717) is 5.17 Å². The van der Waals surface area contributed by atoms with Gasteiger partial charge in [-0.3, -0.25) is 10.2 Å². The summed E-state index contributed by atoms with van der Waals surface area (Å²) in [7, 11) is 0. The van der Waals surface area contributed by atoms with Crippen LogP contribution in [0.2, 0.25) is 0 Å². The van der Waals surface area contributed by atoms with Crippen LogP contribution in [-0.4, -0.2) is 27.0 Å². The Morgan fingerprint density at radius 2 is 2.04 bits per heavy atom. The molecule has 118 valence electrons. The fraction of sp³-hybridized carbons (Fsp3) is 0.294. The molecular formula is C17H18N4OS. The number of hydrogen-bond acceptors (Lipinski definition) is 4. The molecule has 2 heterocycles. The lowest BCUT2D eigenvalue weighted by molar-refractivity contribution is -0.114. The molecule has 0 atom stereocenters. The molecule has 0 spiro atoms. The molecule has 0 radical (unpaired) electrons. The number of nitrogens with zero attached hydrogens (tertiary/aromatic N) is 3. The van der Waals surface area contributed by atoms with Crippen molar-refractivity contribution in [1.29, 1.82) is 5.41 Å². The highest BCUT2D eigenvalue weighted by Gasteiger charge is 2.35. The first-order chi connectivity index (χ1) is 11.2. The minimum atomic E-state index is -0.373. The van der Waals surface area contributed by atoms with E-state index in [1.165, 1.54) is 16.8 Å². The van der Waals surface area contributed by atoms with Crippen molar-refractivity contribution in [1.82, 2.24) is 5.01 Å². The van der Waals surface area contributed by atoms with Gasteiger partial charge in [0, 0.05) is 0 Å². The molecule has 1 aromatic rings. The molecule has 5 nitrogen and oxygen atoms in total. The molecule has 0 unspecified atom stereocenters. The standard InChI is InChI=1S/C17H18N4OS/c1-2-3-5-10-14-20-21-15(18)13(16(22)19-17(21)23-14)11-12-8-6-4-7-9-12/h4,6-9,11,18H,2-3,5,10H2,1H3/b13-11-,18-15?. The molecule has 1 aromatic carbocycles. The first-order valence-corrected chi connectivity index (χ1v) is 8.55. The maximum absolute atomic E-state index is 12.2. The Morgan fingerprint density at radius 1 is 1.26 bits per heavy atom. The van der Waals surface area contributed by atoms with E-state index in [0.717, 1.165) is 36.3 Å². The molecule has 1 N–H and O–H groups in total. The predicted molar refractivity (Wildman–Crippen MR) is 95.6 cm³/mol. The van der Waals surface area contributed by atoms with E-state index in [1.54, 1.807) is 6.08 Å². The number of nitrogens with one attached hydrogen (secondary N) is 1. The maximum Gasteiger partial charge on any atom is 0.283 e. The second-order valence-electron chi connectivity index (χ2n) is 5.38. The third-order valence-electron chi connectivity index (χ3n) is 3.60. The lowest BCUT2D eigenvalue weighted by atomic mass is 10.1. The zero-order valence-corrected chi connectivity index (χ0v) is 13.8. The topological polar surface area (TPSA) is 68.9 Å². The molecule has 2 aliphatic rings. The lowest BCUT2D eigenvalue weighted by Crippen LogP contribution is -2.35. The predicted octanol–water partition coefficient (Wildman–Crippen LogP) is 3.89. The highest BCUT2D eigenvalue weighted by Crippen LogP contribution is 2.30. The van der Waals surface area contributed by atoms with Crippen LogP contribution in [-0.2, 0) is 4.79 Å². The van der Waals surface area contributed by atoms with Gasteiger partial charge in [-0.15, -0.1) is 0 Å². The monoisotopic (exact) mass is 326 g/mol. The Morgan fingerprint density at radius 3 is 2.78 bits per heavy atom. The van der Waals surface area contributed by atoms with Crippen LogP contribution >= 0.6 is 11.8 Å². The SMILES string of the molecule is CCCCCC1=NN2C(=N)/C(=C/c3ccccc3)C(=O)N=C2S1. The van der Waals surface area contributed by atoms with Crippen molar-refractivity contribution < 1.29 is 4.79 Å². The number of benzene rings is 1. The molecule has 0 fully saturated rings. The molecule has 0 aromatic heterocycles. The molecule has 23 heavy (non-hydrogen) atoms. The van der Waals surface area contributed by atoms with Crippen molar-refractivity contribution in [3.05, 3.63) is 41.5 Å². The Bertz CT molecular complexity index is 721. The quantitative estimate of drug-likeness (QED) is 0.659. The molecule has 1 amide bonds. The van der Waals surface area contributed by atoms with E-state index < -0.39 is 0 Å². The van der Waals surface area contributed by atoms with Gasteiger partial charge in [0.2, 0.25) is 5.17 Å². The van der Waals surface area contributed by atoms with Crippen molar-refractivity contribution in [2.24, 2.45) is 10.1 Å². The van der Waals surface area contributed by atoms with E-state index >= 15 is 0 Å². The van der Waals surface area contributed by atoms with Crippen LogP contribution in [0.1, 0.15) is 38.2 Å². The van der Waals surface area contributed by atoms with Crippen LogP contribution < -0.4 is 0 Å². The number of carbonyl (C=O) groups excluding carboxylic acids is 1. The van der Waals surface area contributed by atoms with Gasteiger partial charge in [0.05, 0.1) is 5.57 Å². The zero-order chi connectivity index (χ0) is 16.2. The van der Waals surface area contributed by atoms with Gasteiger partial charge in [-0.1, -0.05) is 50.1 Å². The number of thioether (sulfide) groups is 1. The molecule has 6 heteroatoms. The molecule has 0 saturated heterocycles. The van der Waals surface area contributed by atoms with E-state index in [-0.39, 0.29) is 17.3 Å². The summed E-state index contributed by atoms with van der Waals surface area (Å²) in [6.45, 7) is 2.16. The second kappa shape index (κ2) is 6.91. The number of aliphatic imine (C=N–C) groups is 1. The molecule has 2 aliphatic heterocycles. The van der Waals surface area contributed by atoms with Crippen molar-refractivity contribution in [2.75, 3.05) is 0 Å². The number of hydrazone groups is 1. The number of rotatable bonds is 5. The van der Waals surface area contributed by atoms with E-state index in [1.807, 2.05) is 30.3 Å². The van der Waals surface area contributed by atoms with Crippen LogP contribution in [0.25, 0.3) is 6.08 Å². The molecule has 0 bridgehead atoms. The van der Waals surface area contributed by atoms with E-state index in [9.17, 15) is 4.79 Å². The Kier molecular flexibility index (Phi) is 4.71. The smallest absolute Gasteiger partial charge is 0.282 e. The molecular weight excluding hydrogens is 308 g/mol. The zero-order valence-electron chi connectivity index (χ0n) is 13.0. The number of hydrogen-bond donors (Lipinski definition) is 1. The Hall–Kier alpha value is -2.21. The van der Waals surface area contributed by atoms with Gasteiger partial charge >= 0.3 is 0 Å². The average Bonchev–Trinajstić information content (AvgIpc) is 2.96. The fourth-order valence-corrected chi connectivity index (χ4v) is 3.30. The summed E-state index contributed by atoms with van der Waals surface area (Å²) in [4.78, 5) is 16.3. The van der Waals surface area contributed by atoms with Gasteiger partial charge in [-0.05, 0) is 36.2 Å². The highest BCUT2D eigenvalue weighted by atomic mass is 32.2. The van der Waals surface area contributed by atoms with Gasteiger partial charge < -0.3 is 0 Å². The average molecular weight is 326 g/mol. The highest BCUT2D eigenvalue weighted by molar-refractivity contribution is 8.26. The van der Waals surface area contributed by atoms with Crippen LogP contribution in [0.3, 0.4) is 0 Å². The third kappa shape index (κ3) is 3.42. The van der Waals surface area contributed by atoms with Crippen LogP contribution in [0.5, 0.6) is 0 Å². The van der Waals surface area contributed by atoms with Gasteiger partial charge in [-0.25, -0.2) is 0 Å². The van der Waals surface area contributed by atoms with Crippen LogP contribution in [0, 0.1) is 5.41 Å². The number of amidine groups is 2. The normalized spacial score (nSPS) is 19.0. The summed E-state index contributed by atoms with van der Waals surface area (Å²) >= 11 is 1.40. The van der Waals surface area contributed by atoms with Crippen molar-refractivity contribution in [3.63, 3.8) is 0 Å². The summed E-state index contributed by atoms with van der Waals surface area (Å²) in [5, 5.41) is 15.6. The number of amides is 1. The maximum atomic E-state index is 12.2. The van der Waals surface area contributed by atoms with Gasteiger partial charge in [-0.2, -0.15) is 15.1 Å². The van der Waals surface area contributed by atoms with Crippen molar-refractivity contribution in [3.8, 4) is 0 Å². The van der Waals surface area contributed by atoms with E-state index in [4.69, 9.17) is 5.41 Å². The largest absolute Gasteiger partial charge is 0.283 e. The lowest BCUT2D eigenvalue weighted by Gasteiger charge is -2.20. The first kappa shape index (κ1) is 15.7. The van der Waals surface area contributed by atoms with Crippen LogP contribution in [0.4, 0.5) is 0 Å². The van der Waals surface area contributed by atoms with Gasteiger partial charge in [0.1, 0.15) is 5.04 Å². The van der Waals surface area contributed by atoms with Gasteiger partial charge in [0.15, 0.2) is 5.84 Å². The Labute approximate surface area is 139 Å². The number of carbonyl (C=O) groups is 1. The number of fused-ring (bicyclic) bond motifs is 1. The molecule has 3 rings (SSSR count). The summed E-state index contributed by atoms with van der Waals surface area (Å²) < 4.78 is 0. The minimum Gasteiger partial charge on any atom is -0.282 e. The first-order valence-electron chi connectivity index (χ1n) is 7.73. The van der Waals surface area contributed by atoms with Gasteiger partial charge in [0.25, 0.3) is 5.91 Å². The minimum absolute atomic E-state index is 0.0989. The second-order valence-corrected chi connectivity index (χ2v) is 6.42. The fourth-order valence-electron chi connectivity index (χ4n) is 2.37. The van der Waals surface area contributed by atoms with Crippen molar-refractivity contribution in [2.45, 2.75) is 32.6 Å². The Balaban J connectivity index is 1.82. The third-order valence-corrected chi connectivity index (χ3v) is 4.57. The summed E-state index contributed by atoms with van der Waals surface area (Å²) in [6, 6.07) is 9.49. The summed E-state index contributed by atoms with van der Waals surface area (Å²) in [6.07, 6.45) is 5.94. The van der Waals surface area contributed by atoms with Crippen molar-refractivity contribution >= 4 is 39.8 Å². The molecule has 0 aliphatic carbocycles. The molecule has 0 saturated carbocycles.